The van der Waals surface area contributed by atoms with E-state index in [2.05, 4.69) is 114 Å². The van der Waals surface area contributed by atoms with Gasteiger partial charge >= 0.3 is 11.9 Å². The largest absolute Gasteiger partial charge is 0.480 e. The maximum Gasteiger partial charge on any atom is 0.321 e. The van der Waals surface area contributed by atoms with Crippen LogP contribution in [-0.2, 0) is 53.5 Å². The number of nitrogens with zero attached hydrogens (tertiary/aromatic N) is 10. The van der Waals surface area contributed by atoms with Gasteiger partial charge in [0.05, 0.1) is 18.0 Å². The number of esters is 1. The van der Waals surface area contributed by atoms with Crippen molar-refractivity contribution in [1.82, 2.24) is 60.4 Å². The zero-order valence-electron chi connectivity index (χ0n) is 37.8. The second-order valence-electron chi connectivity index (χ2n) is 15.3. The lowest BCUT2D eigenvalue weighted by molar-refractivity contribution is -0.142. The number of aryl methyl sites for hydroxylation is 2. The number of aliphatic carboxylic acids is 1. The Bertz CT molecular complexity index is 2860. The molecule has 0 bridgehead atoms. The number of rotatable bonds is 19. The molecule has 8 aromatic rings. The van der Waals surface area contributed by atoms with Gasteiger partial charge in [-0.3, -0.25) is 9.59 Å². The number of alkyl halides is 2. The Morgan fingerprint density at radius 1 is 0.623 bits per heavy atom. The minimum Gasteiger partial charge on any atom is -0.480 e. The third kappa shape index (κ3) is 14.0. The number of imidazole rings is 2. The predicted octanol–water partition coefficient (Wildman–Crippen LogP) is 9.63. The predicted molar refractivity (Wildman–Crippen MR) is 265 cm³/mol. The highest BCUT2D eigenvalue weighted by Gasteiger charge is 2.19. The van der Waals surface area contributed by atoms with Gasteiger partial charge in [0.15, 0.2) is 10.3 Å². The maximum absolute atomic E-state index is 11.6. The Hall–Kier alpha value is -6.50. The quantitative estimate of drug-likeness (QED) is 0.0437. The van der Waals surface area contributed by atoms with E-state index < -0.39 is 11.9 Å². The number of aliphatic hydroxyl groups is 1. The number of carboxylic acid groups (broad SMARTS) is 1. The van der Waals surface area contributed by atoms with Gasteiger partial charge in [0.2, 0.25) is 11.6 Å². The van der Waals surface area contributed by atoms with Gasteiger partial charge in [0, 0.05) is 37.1 Å². The second kappa shape index (κ2) is 26.3. The highest BCUT2D eigenvalue weighted by atomic mass is 35.5. The third-order valence-corrected chi connectivity index (χ3v) is 11.7. The Morgan fingerprint density at radius 3 is 1.42 bits per heavy atom. The molecular weight excluding hydrogens is 966 g/mol. The van der Waals surface area contributed by atoms with Crippen LogP contribution in [0.1, 0.15) is 73.7 Å². The first-order valence-electron chi connectivity index (χ1n) is 22.0. The summed E-state index contributed by atoms with van der Waals surface area (Å²) < 4.78 is 9.30. The molecule has 0 saturated carbocycles. The highest BCUT2D eigenvalue weighted by Crippen LogP contribution is 2.32. The molecule has 17 nitrogen and oxygen atoms in total. The van der Waals surface area contributed by atoms with Crippen molar-refractivity contribution < 1.29 is 24.5 Å². The maximum atomic E-state index is 11.6. The van der Waals surface area contributed by atoms with Crippen LogP contribution in [0.15, 0.2) is 97.1 Å². The van der Waals surface area contributed by atoms with E-state index in [0.717, 1.165) is 94.7 Å². The summed E-state index contributed by atoms with van der Waals surface area (Å²) in [4.78, 5) is 29.8. The molecule has 0 aliphatic heterocycles. The fourth-order valence-corrected chi connectivity index (χ4v) is 7.86. The van der Waals surface area contributed by atoms with Gasteiger partial charge < -0.3 is 24.1 Å². The average Bonchev–Trinajstić information content (AvgIpc) is 4.22. The van der Waals surface area contributed by atoms with Gasteiger partial charge in [-0.1, -0.05) is 147 Å². The number of aromatic nitrogens is 12. The molecule has 0 radical (unpaired) electrons. The number of aliphatic hydroxyl groups excluding tert-OH is 1. The van der Waals surface area contributed by atoms with Crippen LogP contribution in [0, 0.1) is 0 Å². The first-order chi connectivity index (χ1) is 33.6. The third-order valence-electron chi connectivity index (χ3n) is 10.7. The van der Waals surface area contributed by atoms with Crippen molar-refractivity contribution >= 4 is 58.3 Å². The van der Waals surface area contributed by atoms with Crippen LogP contribution in [0.2, 0.25) is 10.3 Å². The van der Waals surface area contributed by atoms with Crippen molar-refractivity contribution in [1.29, 1.82) is 0 Å². The molecule has 0 amide bonds. The van der Waals surface area contributed by atoms with Crippen LogP contribution in [-0.4, -0.2) is 94.3 Å². The Balaban J connectivity index is 0.000000208. The average molecular weight is 1020 g/mol. The van der Waals surface area contributed by atoms with Gasteiger partial charge in [-0.25, -0.2) is 9.97 Å². The summed E-state index contributed by atoms with van der Waals surface area (Å²) in [6.45, 7) is 5.34. The minimum atomic E-state index is -0.980. The molecule has 4 aromatic heterocycles. The van der Waals surface area contributed by atoms with Crippen LogP contribution >= 0.6 is 46.4 Å². The summed E-state index contributed by atoms with van der Waals surface area (Å²) in [5.74, 6) is 0.909. The molecule has 0 aliphatic rings. The zero-order valence-corrected chi connectivity index (χ0v) is 40.8. The van der Waals surface area contributed by atoms with Crippen molar-refractivity contribution in [3.8, 4) is 45.0 Å². The minimum absolute atomic E-state index is 0.0275. The molecule has 4 N–H and O–H groups in total. The number of carbonyl (C=O) groups is 2. The summed E-state index contributed by atoms with van der Waals surface area (Å²) in [6.07, 6.45) is 5.76. The van der Waals surface area contributed by atoms with Gasteiger partial charge in [-0.15, -0.1) is 43.6 Å². The van der Waals surface area contributed by atoms with E-state index >= 15 is 0 Å². The number of aromatic amines is 2. The fourth-order valence-electron chi connectivity index (χ4n) is 7.27. The van der Waals surface area contributed by atoms with Crippen molar-refractivity contribution in [2.45, 2.75) is 78.7 Å². The molecular formula is C48H50Cl4N12O5. The number of halogens is 4. The van der Waals surface area contributed by atoms with E-state index in [-0.39, 0.29) is 25.0 Å². The molecule has 0 aliphatic carbocycles. The van der Waals surface area contributed by atoms with Gasteiger partial charge in [0.25, 0.3) is 0 Å². The number of carboxylic acids is 1. The standard InChI is InChI=1S/C24H24Cl2N6O2.C22H23ClN6O.C2H3ClO2/c1-2-3-8-21-27-23(26)20(15-34-22(33)13-25)32(21)14-16-9-11-17(12-10-16)18-6-4-5-7-19(18)24-28-30-31-29-24;1-2-3-8-20-24-21(23)19(14-30)29(20)13-15-9-11-16(12-10-15)17-6-4-5-7-18(17)22-25-27-28-26-22;3-1-2(4)5/h4-7,9-12H,2-3,8,13-15H2,1H3,(H,28,29,30,31);4-7,9-12,30H,2-3,8,13-14H2,1H3,(H,25,26,27,28);1H2,(H,4,5). The summed E-state index contributed by atoms with van der Waals surface area (Å²) >= 11 is 23.0. The van der Waals surface area contributed by atoms with Crippen LogP contribution < -0.4 is 0 Å². The number of ether oxygens (including phenoxy) is 1. The molecule has 0 unspecified atom stereocenters. The summed E-state index contributed by atoms with van der Waals surface area (Å²) in [7, 11) is 0. The highest BCUT2D eigenvalue weighted by molar-refractivity contribution is 6.30. The molecule has 21 heteroatoms. The smallest absolute Gasteiger partial charge is 0.321 e. The molecule has 0 spiro atoms. The molecule has 69 heavy (non-hydrogen) atoms. The number of tetrazole rings is 2. The van der Waals surface area contributed by atoms with Crippen molar-refractivity contribution in [2.75, 3.05) is 11.8 Å². The lowest BCUT2D eigenvalue weighted by atomic mass is 9.98. The number of unbranched alkanes of at least 4 members (excludes halogenated alkanes) is 2. The van der Waals surface area contributed by atoms with Crippen molar-refractivity contribution in [3.63, 3.8) is 0 Å². The Kier molecular flexibility index (Phi) is 19.8. The Labute approximate surface area is 418 Å². The van der Waals surface area contributed by atoms with E-state index in [0.29, 0.717) is 46.4 Å². The number of hydrogen-bond acceptors (Lipinski definition) is 12. The zero-order chi connectivity index (χ0) is 49.1. The monoisotopic (exact) mass is 1010 g/mol. The number of hydrogen-bond donors (Lipinski definition) is 4. The molecule has 0 saturated heterocycles. The number of nitrogens with one attached hydrogen (secondary N) is 2. The molecule has 0 fully saturated rings. The van der Waals surface area contributed by atoms with E-state index in [1.54, 1.807) is 0 Å². The fraction of sp³-hybridized carbons (Fsp3) is 0.292. The van der Waals surface area contributed by atoms with Gasteiger partial charge in [-0.2, -0.15) is 10.4 Å². The molecule has 360 valence electrons. The lowest BCUT2D eigenvalue weighted by Gasteiger charge is -2.13. The molecule has 4 aromatic carbocycles. The normalized spacial score (nSPS) is 10.8. The topological polar surface area (TPSA) is 228 Å². The molecule has 4 heterocycles. The summed E-state index contributed by atoms with van der Waals surface area (Å²) in [5, 5.41) is 46.9. The summed E-state index contributed by atoms with van der Waals surface area (Å²) in [6, 6.07) is 32.5. The van der Waals surface area contributed by atoms with Crippen molar-refractivity contribution in [3.05, 3.63) is 142 Å². The van der Waals surface area contributed by atoms with Crippen LogP contribution in [0.3, 0.4) is 0 Å². The van der Waals surface area contributed by atoms with Crippen LogP contribution in [0.5, 0.6) is 0 Å². The second-order valence-corrected chi connectivity index (χ2v) is 16.6. The van der Waals surface area contributed by atoms with Gasteiger partial charge in [0.1, 0.15) is 30.0 Å². The van der Waals surface area contributed by atoms with E-state index in [1.807, 2.05) is 57.7 Å². The first kappa shape index (κ1) is 51.9. The van der Waals surface area contributed by atoms with E-state index in [9.17, 15) is 14.7 Å². The van der Waals surface area contributed by atoms with E-state index in [1.165, 1.54) is 0 Å². The van der Waals surface area contributed by atoms with E-state index in [4.69, 9.17) is 56.2 Å². The number of carbonyl (C=O) groups excluding carboxylic acids is 1. The van der Waals surface area contributed by atoms with Crippen molar-refractivity contribution in [2.24, 2.45) is 0 Å². The van der Waals surface area contributed by atoms with Crippen LogP contribution in [0.25, 0.3) is 45.0 Å². The SMILES string of the molecule is CCCCc1nc(Cl)c(CO)n1Cc1ccc(-c2ccccc2-c2nn[nH]n2)cc1.CCCCc1nc(Cl)c(COC(=O)CCl)n1Cc1ccc(-c2ccccc2-c2nn[nH]n2)cc1.O=C(O)CCl. The molecule has 8 rings (SSSR count). The Morgan fingerprint density at radius 2 is 1.04 bits per heavy atom. The van der Waals surface area contributed by atoms with Gasteiger partial charge in [-0.05, 0) is 56.6 Å². The lowest BCUT2D eigenvalue weighted by Crippen LogP contribution is -2.13. The molecule has 0 atom stereocenters. The first-order valence-corrected chi connectivity index (χ1v) is 23.8. The summed E-state index contributed by atoms with van der Waals surface area (Å²) in [5.41, 5.74) is 9.48. The number of H-pyrrole nitrogens is 2. The van der Waals surface area contributed by atoms with Crippen LogP contribution in [0.4, 0.5) is 0 Å². The number of benzene rings is 4.